The summed E-state index contributed by atoms with van der Waals surface area (Å²) in [4.78, 5) is 0. The van der Waals surface area contributed by atoms with Crippen molar-refractivity contribution < 1.29 is 5.21 Å². The van der Waals surface area contributed by atoms with Crippen LogP contribution in [0.25, 0.3) is 0 Å². The molecule has 3 nitrogen and oxygen atoms in total. The van der Waals surface area contributed by atoms with E-state index in [4.69, 9.17) is 10.5 Å². The molecule has 0 atom stereocenters. The lowest BCUT2D eigenvalue weighted by atomic mass is 10.2. The molecule has 0 aromatic carbocycles. The Hall–Kier alpha value is -0.590. The third-order valence-electron chi connectivity index (χ3n) is 1.02. The summed E-state index contributed by atoms with van der Waals surface area (Å²) in [5, 5.41) is 17.8. The van der Waals surface area contributed by atoms with Gasteiger partial charge in [-0.2, -0.15) is 10.3 Å². The number of rotatable bonds is 4. The molecule has 0 aliphatic heterocycles. The van der Waals surface area contributed by atoms with Gasteiger partial charge in [-0.1, -0.05) is 0 Å². The van der Waals surface area contributed by atoms with Crippen LogP contribution < -0.4 is 0 Å². The zero-order valence-electron chi connectivity index (χ0n) is 5.67. The van der Waals surface area contributed by atoms with Gasteiger partial charge in [-0.15, -0.1) is 0 Å². The maximum atomic E-state index is 8.60. The molecule has 0 saturated carbocycles. The average molecular weight is 128 g/mol. The van der Waals surface area contributed by atoms with Crippen molar-refractivity contribution in [2.75, 3.05) is 13.6 Å². The first-order valence-electron chi connectivity index (χ1n) is 3.04. The summed E-state index contributed by atoms with van der Waals surface area (Å²) in [6.45, 7) is 0.654. The lowest BCUT2D eigenvalue weighted by Crippen LogP contribution is -2.13. The predicted octanol–water partition coefficient (Wildman–Crippen LogP) is 1.00. The highest BCUT2D eigenvalue weighted by Gasteiger charge is 1.89. The van der Waals surface area contributed by atoms with E-state index in [1.165, 1.54) is 0 Å². The zero-order valence-corrected chi connectivity index (χ0v) is 5.67. The molecule has 0 saturated heterocycles. The Bertz CT molecular complexity index is 95.7. The first kappa shape index (κ1) is 8.41. The fourth-order valence-corrected chi connectivity index (χ4v) is 0.545. The van der Waals surface area contributed by atoms with E-state index in [2.05, 4.69) is 0 Å². The average Bonchev–Trinajstić information content (AvgIpc) is 1.80. The fourth-order valence-electron chi connectivity index (χ4n) is 0.545. The minimum absolute atomic E-state index is 0.591. The molecule has 0 aliphatic carbocycles. The predicted molar refractivity (Wildman–Crippen MR) is 33.9 cm³/mol. The number of nitriles is 1. The van der Waals surface area contributed by atoms with Crippen molar-refractivity contribution in [3.63, 3.8) is 0 Å². The van der Waals surface area contributed by atoms with E-state index in [1.54, 1.807) is 7.05 Å². The highest BCUT2D eigenvalue weighted by atomic mass is 16.5. The topological polar surface area (TPSA) is 47.3 Å². The molecule has 0 amide bonds. The Kier molecular flexibility index (Phi) is 5.18. The maximum absolute atomic E-state index is 8.60. The Morgan fingerprint density at radius 2 is 2.22 bits per heavy atom. The van der Waals surface area contributed by atoms with Gasteiger partial charge in [0.2, 0.25) is 0 Å². The summed E-state index contributed by atoms with van der Waals surface area (Å²) >= 11 is 0. The molecule has 0 aliphatic rings. The molecule has 0 bridgehead atoms. The van der Waals surface area contributed by atoms with Gasteiger partial charge in [0.05, 0.1) is 6.07 Å². The smallest absolute Gasteiger partial charge is 0.0621 e. The maximum Gasteiger partial charge on any atom is 0.0621 e. The monoisotopic (exact) mass is 128 g/mol. The van der Waals surface area contributed by atoms with E-state index in [0.717, 1.165) is 17.9 Å². The van der Waals surface area contributed by atoms with Crippen LogP contribution in [0.3, 0.4) is 0 Å². The quantitative estimate of drug-likeness (QED) is 0.454. The Morgan fingerprint density at radius 1 is 1.56 bits per heavy atom. The highest BCUT2D eigenvalue weighted by Crippen LogP contribution is 1.93. The van der Waals surface area contributed by atoms with Crippen molar-refractivity contribution >= 4 is 0 Å². The van der Waals surface area contributed by atoms with Crippen LogP contribution in [-0.2, 0) is 0 Å². The van der Waals surface area contributed by atoms with Gasteiger partial charge < -0.3 is 5.21 Å². The molecule has 0 fully saturated rings. The molecular formula is C6H12N2O. The number of unbranched alkanes of at least 4 members (excludes halogenated alkanes) is 2. The molecule has 0 aromatic heterocycles. The summed E-state index contributed by atoms with van der Waals surface area (Å²) in [6.07, 6.45) is 2.36. The van der Waals surface area contributed by atoms with Crippen LogP contribution in [0.2, 0.25) is 0 Å². The van der Waals surface area contributed by atoms with E-state index in [-0.39, 0.29) is 0 Å². The van der Waals surface area contributed by atoms with Gasteiger partial charge in [0.1, 0.15) is 0 Å². The van der Waals surface area contributed by atoms with Crippen molar-refractivity contribution in [3.8, 4) is 6.07 Å². The Labute approximate surface area is 55.5 Å². The third kappa shape index (κ3) is 7.41. The first-order valence-corrected chi connectivity index (χ1v) is 3.04. The second kappa shape index (κ2) is 5.54. The molecule has 9 heavy (non-hydrogen) atoms. The summed E-state index contributed by atoms with van der Waals surface area (Å²) in [5.74, 6) is 0. The van der Waals surface area contributed by atoms with Crippen LogP contribution in [-0.4, -0.2) is 23.9 Å². The SMILES string of the molecule is CN(O)CCCCC#N. The van der Waals surface area contributed by atoms with Crippen LogP contribution in [0.4, 0.5) is 0 Å². The van der Waals surface area contributed by atoms with E-state index < -0.39 is 0 Å². The van der Waals surface area contributed by atoms with Crippen molar-refractivity contribution in [1.82, 2.24) is 5.06 Å². The number of hydrogen-bond acceptors (Lipinski definition) is 3. The molecule has 0 spiro atoms. The van der Waals surface area contributed by atoms with Crippen LogP contribution in [0.15, 0.2) is 0 Å². The Morgan fingerprint density at radius 3 is 2.67 bits per heavy atom. The lowest BCUT2D eigenvalue weighted by Gasteiger charge is -2.04. The summed E-state index contributed by atoms with van der Waals surface area (Å²) in [5.41, 5.74) is 0. The molecular weight excluding hydrogens is 116 g/mol. The normalized spacial score (nSPS) is 9.56. The van der Waals surface area contributed by atoms with Gasteiger partial charge in [-0.05, 0) is 12.8 Å². The van der Waals surface area contributed by atoms with E-state index in [1.807, 2.05) is 6.07 Å². The number of hydrogen-bond donors (Lipinski definition) is 1. The van der Waals surface area contributed by atoms with Gasteiger partial charge in [0.25, 0.3) is 0 Å². The lowest BCUT2D eigenvalue weighted by molar-refractivity contribution is -0.0654. The molecule has 0 radical (unpaired) electrons. The molecule has 52 valence electrons. The van der Waals surface area contributed by atoms with Crippen LogP contribution >= 0.6 is 0 Å². The minimum atomic E-state index is 0.591. The largest absolute Gasteiger partial charge is 0.314 e. The van der Waals surface area contributed by atoms with Crippen molar-refractivity contribution in [2.45, 2.75) is 19.3 Å². The fraction of sp³-hybridized carbons (Fsp3) is 0.833. The first-order chi connectivity index (χ1) is 4.27. The minimum Gasteiger partial charge on any atom is -0.314 e. The van der Waals surface area contributed by atoms with Crippen LogP contribution in [0.1, 0.15) is 19.3 Å². The van der Waals surface area contributed by atoms with Crippen molar-refractivity contribution in [1.29, 1.82) is 5.26 Å². The summed E-state index contributed by atoms with van der Waals surface area (Å²) in [7, 11) is 1.60. The molecule has 3 heteroatoms. The zero-order chi connectivity index (χ0) is 7.11. The van der Waals surface area contributed by atoms with Gasteiger partial charge >= 0.3 is 0 Å². The highest BCUT2D eigenvalue weighted by molar-refractivity contribution is 4.67. The van der Waals surface area contributed by atoms with Crippen LogP contribution in [0, 0.1) is 11.3 Å². The standard InChI is InChI=1S/C6H12N2O/c1-8(9)6-4-2-3-5-7/h9H,2-4,6H2,1H3. The third-order valence-corrected chi connectivity index (χ3v) is 1.02. The second-order valence-corrected chi connectivity index (χ2v) is 2.00. The van der Waals surface area contributed by atoms with E-state index in [9.17, 15) is 0 Å². The van der Waals surface area contributed by atoms with Gasteiger partial charge in [-0.3, -0.25) is 0 Å². The summed E-state index contributed by atoms with van der Waals surface area (Å²) in [6, 6.07) is 2.04. The van der Waals surface area contributed by atoms with Gasteiger partial charge in [-0.25, -0.2) is 0 Å². The molecule has 0 aromatic rings. The Balaban J connectivity index is 2.85. The van der Waals surface area contributed by atoms with Crippen LogP contribution in [0.5, 0.6) is 0 Å². The second-order valence-electron chi connectivity index (χ2n) is 2.00. The van der Waals surface area contributed by atoms with Crippen molar-refractivity contribution in [3.05, 3.63) is 0 Å². The van der Waals surface area contributed by atoms with Gasteiger partial charge in [0, 0.05) is 20.0 Å². The number of hydroxylamine groups is 2. The molecule has 1 N–H and O–H groups in total. The molecule has 0 heterocycles. The van der Waals surface area contributed by atoms with Crippen molar-refractivity contribution in [2.24, 2.45) is 0 Å². The van der Waals surface area contributed by atoms with Gasteiger partial charge in [0.15, 0.2) is 0 Å². The molecule has 0 unspecified atom stereocenters. The van der Waals surface area contributed by atoms with E-state index in [0.29, 0.717) is 13.0 Å². The molecule has 0 rings (SSSR count). The number of nitrogens with zero attached hydrogens (tertiary/aromatic N) is 2. The summed E-state index contributed by atoms with van der Waals surface area (Å²) < 4.78 is 0. The van der Waals surface area contributed by atoms with E-state index >= 15 is 0 Å².